The van der Waals surface area contributed by atoms with Gasteiger partial charge in [-0.3, -0.25) is 0 Å². The van der Waals surface area contributed by atoms with Crippen molar-refractivity contribution in [3.63, 3.8) is 0 Å². The molecule has 0 amide bonds. The molecule has 0 saturated carbocycles. The van der Waals surface area contributed by atoms with Crippen molar-refractivity contribution in [2.75, 3.05) is 0 Å². The Labute approximate surface area is 123 Å². The van der Waals surface area contributed by atoms with E-state index < -0.39 is 0 Å². The summed E-state index contributed by atoms with van der Waals surface area (Å²) >= 11 is 0. The van der Waals surface area contributed by atoms with Crippen LogP contribution in [-0.2, 0) is 6.42 Å². The Hall–Kier alpha value is -2.60. The molecule has 0 bridgehead atoms. The van der Waals surface area contributed by atoms with Gasteiger partial charge in [-0.05, 0) is 49.9 Å². The summed E-state index contributed by atoms with van der Waals surface area (Å²) in [7, 11) is 0. The molecule has 0 atom stereocenters. The predicted octanol–water partition coefficient (Wildman–Crippen LogP) is 5.72. The largest absolute Gasteiger partial charge is 0.0795 e. The maximum atomic E-state index is 2.30. The first-order valence-electron chi connectivity index (χ1n) is 7.44. The average molecular weight is 266 g/mol. The summed E-state index contributed by atoms with van der Waals surface area (Å²) < 4.78 is 0. The normalized spacial score (nSPS) is 13.3. The Bertz CT molecular complexity index is 1050. The Morgan fingerprint density at radius 3 is 2.43 bits per heavy atom. The summed E-state index contributed by atoms with van der Waals surface area (Å²) in [5.41, 5.74) is 2.85. The fraction of sp³-hybridized carbons (Fsp3) is 0.0476. The average Bonchev–Trinajstić information content (AvgIpc) is 3.03. The van der Waals surface area contributed by atoms with Gasteiger partial charge in [-0.1, -0.05) is 72.8 Å². The first-order valence-corrected chi connectivity index (χ1v) is 7.44. The van der Waals surface area contributed by atoms with E-state index in [0.29, 0.717) is 0 Å². The lowest BCUT2D eigenvalue weighted by Crippen LogP contribution is -1.86. The molecule has 0 saturated heterocycles. The van der Waals surface area contributed by atoms with Gasteiger partial charge in [0.25, 0.3) is 0 Å². The molecule has 0 radical (unpaired) electrons. The van der Waals surface area contributed by atoms with Crippen LogP contribution in [0.1, 0.15) is 11.1 Å². The van der Waals surface area contributed by atoms with E-state index in [1.807, 2.05) is 0 Å². The van der Waals surface area contributed by atoms with E-state index in [-0.39, 0.29) is 0 Å². The Balaban J connectivity index is 2.08. The molecule has 0 heterocycles. The van der Waals surface area contributed by atoms with Gasteiger partial charge in [0.15, 0.2) is 0 Å². The Morgan fingerprint density at radius 1 is 0.619 bits per heavy atom. The zero-order valence-electron chi connectivity index (χ0n) is 11.6. The number of rotatable bonds is 0. The maximum Gasteiger partial charge on any atom is -0.00266 e. The van der Waals surface area contributed by atoms with Crippen molar-refractivity contribution in [3.05, 3.63) is 77.9 Å². The Kier molecular flexibility index (Phi) is 2.09. The van der Waals surface area contributed by atoms with Crippen molar-refractivity contribution in [2.45, 2.75) is 6.42 Å². The molecule has 5 rings (SSSR count). The molecular formula is C21H14. The summed E-state index contributed by atoms with van der Waals surface area (Å²) in [6.45, 7) is 0. The fourth-order valence-corrected chi connectivity index (χ4v) is 3.66. The van der Waals surface area contributed by atoms with Crippen LogP contribution in [0.25, 0.3) is 38.4 Å². The van der Waals surface area contributed by atoms with Crippen LogP contribution in [0.2, 0.25) is 0 Å². The van der Waals surface area contributed by atoms with Crippen molar-refractivity contribution in [3.8, 4) is 0 Å². The third-order valence-electron chi connectivity index (χ3n) is 4.66. The lowest BCUT2D eigenvalue weighted by Gasteiger charge is -2.11. The summed E-state index contributed by atoms with van der Waals surface area (Å²) in [5, 5.41) is 8.12. The molecule has 0 heteroatoms. The van der Waals surface area contributed by atoms with Gasteiger partial charge in [0.2, 0.25) is 0 Å². The van der Waals surface area contributed by atoms with Crippen molar-refractivity contribution in [1.29, 1.82) is 0 Å². The minimum absolute atomic E-state index is 1.07. The maximum absolute atomic E-state index is 2.30. The number of hydrogen-bond acceptors (Lipinski definition) is 0. The van der Waals surface area contributed by atoms with E-state index in [0.717, 1.165) is 6.42 Å². The van der Waals surface area contributed by atoms with Crippen LogP contribution >= 0.6 is 0 Å². The zero-order valence-corrected chi connectivity index (χ0v) is 11.6. The van der Waals surface area contributed by atoms with Gasteiger partial charge >= 0.3 is 0 Å². The zero-order chi connectivity index (χ0) is 13.8. The van der Waals surface area contributed by atoms with Crippen molar-refractivity contribution in [1.82, 2.24) is 0 Å². The van der Waals surface area contributed by atoms with Gasteiger partial charge in [0.1, 0.15) is 0 Å². The van der Waals surface area contributed by atoms with Gasteiger partial charge in [-0.15, -0.1) is 0 Å². The molecule has 0 fully saturated rings. The Morgan fingerprint density at radius 2 is 1.43 bits per heavy atom. The molecule has 0 nitrogen and oxygen atoms in total. The monoisotopic (exact) mass is 266 g/mol. The second-order valence-electron chi connectivity index (χ2n) is 5.79. The van der Waals surface area contributed by atoms with Gasteiger partial charge in [0.05, 0.1) is 0 Å². The molecule has 1 aliphatic rings. The smallest absolute Gasteiger partial charge is 0.00266 e. The number of hydrogen-bond donors (Lipinski definition) is 0. The van der Waals surface area contributed by atoms with Crippen LogP contribution in [0, 0.1) is 0 Å². The molecule has 4 aromatic carbocycles. The topological polar surface area (TPSA) is 0 Å². The van der Waals surface area contributed by atoms with Crippen molar-refractivity contribution in [2.24, 2.45) is 0 Å². The first-order chi connectivity index (χ1) is 10.4. The van der Waals surface area contributed by atoms with E-state index in [1.54, 1.807) is 0 Å². The summed E-state index contributed by atoms with van der Waals surface area (Å²) in [4.78, 5) is 0. The van der Waals surface area contributed by atoms with Crippen molar-refractivity contribution >= 4 is 38.4 Å². The van der Waals surface area contributed by atoms with E-state index in [1.165, 1.54) is 43.4 Å². The van der Waals surface area contributed by atoms with E-state index in [2.05, 4.69) is 72.8 Å². The van der Waals surface area contributed by atoms with Crippen LogP contribution in [0.5, 0.6) is 0 Å². The van der Waals surface area contributed by atoms with Crippen LogP contribution in [0.4, 0.5) is 0 Å². The predicted molar refractivity (Wildman–Crippen MR) is 91.7 cm³/mol. The molecule has 98 valence electrons. The van der Waals surface area contributed by atoms with E-state index in [4.69, 9.17) is 0 Å². The molecule has 21 heavy (non-hydrogen) atoms. The highest BCUT2D eigenvalue weighted by Gasteiger charge is 2.11. The van der Waals surface area contributed by atoms with Crippen LogP contribution in [-0.4, -0.2) is 0 Å². The first kappa shape index (κ1) is 11.1. The second kappa shape index (κ2) is 3.95. The van der Waals surface area contributed by atoms with Gasteiger partial charge < -0.3 is 0 Å². The molecule has 0 unspecified atom stereocenters. The highest BCUT2D eigenvalue weighted by atomic mass is 14.2. The quantitative estimate of drug-likeness (QED) is 0.357. The van der Waals surface area contributed by atoms with Gasteiger partial charge in [-0.25, -0.2) is 0 Å². The lowest BCUT2D eigenvalue weighted by atomic mass is 9.93. The molecule has 0 N–H and O–H groups in total. The third-order valence-corrected chi connectivity index (χ3v) is 4.66. The summed E-state index contributed by atoms with van der Waals surface area (Å²) in [6, 6.07) is 22.3. The van der Waals surface area contributed by atoms with Crippen LogP contribution in [0.3, 0.4) is 0 Å². The highest BCUT2D eigenvalue weighted by molar-refractivity contribution is 6.21. The summed E-state index contributed by atoms with van der Waals surface area (Å²) in [5.74, 6) is 0. The molecule has 0 aromatic heterocycles. The lowest BCUT2D eigenvalue weighted by molar-refractivity contribution is 1.32. The third kappa shape index (κ3) is 1.45. The van der Waals surface area contributed by atoms with E-state index >= 15 is 0 Å². The molecule has 0 spiro atoms. The SMILES string of the molecule is C1=Cc2c(ccc3c2ccc2ccc4ccccc4c23)C1. The van der Waals surface area contributed by atoms with Crippen LogP contribution in [0.15, 0.2) is 66.7 Å². The molecule has 4 aromatic rings. The summed E-state index contributed by atoms with van der Waals surface area (Å²) in [6.07, 6.45) is 5.60. The molecule has 1 aliphatic carbocycles. The minimum atomic E-state index is 1.07. The van der Waals surface area contributed by atoms with Crippen molar-refractivity contribution < 1.29 is 0 Å². The van der Waals surface area contributed by atoms with E-state index in [9.17, 15) is 0 Å². The fourth-order valence-electron chi connectivity index (χ4n) is 3.66. The second-order valence-corrected chi connectivity index (χ2v) is 5.79. The minimum Gasteiger partial charge on any atom is -0.0795 e. The number of benzene rings is 4. The number of allylic oxidation sites excluding steroid dienone is 1. The van der Waals surface area contributed by atoms with Gasteiger partial charge in [-0.2, -0.15) is 0 Å². The molecule has 0 aliphatic heterocycles. The molecular weight excluding hydrogens is 252 g/mol. The highest BCUT2D eigenvalue weighted by Crippen LogP contribution is 2.36. The number of fused-ring (bicyclic) bond motifs is 7. The standard InChI is InChI=1S/C21H14/c1-2-6-18-15(4-1)8-9-16-11-12-19-17-7-3-5-14(17)10-13-20(19)21(16)18/h1-4,6-13H,5H2. The van der Waals surface area contributed by atoms with Crippen LogP contribution < -0.4 is 0 Å². The van der Waals surface area contributed by atoms with Gasteiger partial charge in [0, 0.05) is 0 Å².